The van der Waals surface area contributed by atoms with Crippen LogP contribution in [0.1, 0.15) is 12.5 Å². The molecule has 0 N–H and O–H groups in total. The summed E-state index contributed by atoms with van der Waals surface area (Å²) in [5, 5.41) is 7.87. The van der Waals surface area contributed by atoms with Gasteiger partial charge >= 0.3 is 0 Å². The van der Waals surface area contributed by atoms with E-state index < -0.39 is 0 Å². The Labute approximate surface area is 82.6 Å². The van der Waals surface area contributed by atoms with E-state index in [0.717, 1.165) is 17.8 Å². The SMILES string of the molecule is CCc1cncc(-c2nncn2C)c1. The van der Waals surface area contributed by atoms with E-state index >= 15 is 0 Å². The van der Waals surface area contributed by atoms with E-state index in [1.165, 1.54) is 5.56 Å². The third-order valence-electron chi connectivity index (χ3n) is 2.17. The van der Waals surface area contributed by atoms with E-state index in [-0.39, 0.29) is 0 Å². The summed E-state index contributed by atoms with van der Waals surface area (Å²) < 4.78 is 1.89. The van der Waals surface area contributed by atoms with Gasteiger partial charge in [0.1, 0.15) is 6.33 Å². The first-order valence-corrected chi connectivity index (χ1v) is 4.59. The highest BCUT2D eigenvalue weighted by atomic mass is 15.2. The van der Waals surface area contributed by atoms with E-state index in [4.69, 9.17) is 0 Å². The lowest BCUT2D eigenvalue weighted by atomic mass is 10.1. The molecule has 4 nitrogen and oxygen atoms in total. The molecular formula is C10H12N4. The maximum atomic E-state index is 4.17. The molecule has 14 heavy (non-hydrogen) atoms. The van der Waals surface area contributed by atoms with E-state index in [9.17, 15) is 0 Å². The molecule has 0 spiro atoms. The van der Waals surface area contributed by atoms with Gasteiger partial charge in [-0.25, -0.2) is 0 Å². The van der Waals surface area contributed by atoms with Crippen molar-refractivity contribution in [2.75, 3.05) is 0 Å². The van der Waals surface area contributed by atoms with Crippen molar-refractivity contribution in [2.24, 2.45) is 7.05 Å². The third-order valence-corrected chi connectivity index (χ3v) is 2.17. The Hall–Kier alpha value is -1.71. The molecule has 0 saturated carbocycles. The molecule has 2 aromatic rings. The molecule has 0 aliphatic heterocycles. The van der Waals surface area contributed by atoms with Crippen LogP contribution in [0.15, 0.2) is 24.8 Å². The molecule has 0 aliphatic rings. The Morgan fingerprint density at radius 3 is 2.86 bits per heavy atom. The van der Waals surface area contributed by atoms with Gasteiger partial charge in [0, 0.05) is 25.0 Å². The molecule has 2 aromatic heterocycles. The number of pyridine rings is 1. The van der Waals surface area contributed by atoms with Crippen LogP contribution in [0.3, 0.4) is 0 Å². The van der Waals surface area contributed by atoms with Gasteiger partial charge < -0.3 is 4.57 Å². The van der Waals surface area contributed by atoms with Crippen molar-refractivity contribution >= 4 is 0 Å². The van der Waals surface area contributed by atoms with Crippen molar-refractivity contribution in [3.05, 3.63) is 30.4 Å². The average molecular weight is 188 g/mol. The van der Waals surface area contributed by atoms with E-state index in [1.807, 2.05) is 24.0 Å². The molecule has 4 heteroatoms. The molecule has 0 bridgehead atoms. The minimum absolute atomic E-state index is 0.854. The zero-order valence-electron chi connectivity index (χ0n) is 8.31. The van der Waals surface area contributed by atoms with Gasteiger partial charge in [0.05, 0.1) is 0 Å². The van der Waals surface area contributed by atoms with Gasteiger partial charge in [-0.15, -0.1) is 10.2 Å². The highest BCUT2D eigenvalue weighted by molar-refractivity contribution is 5.54. The predicted molar refractivity (Wildman–Crippen MR) is 53.6 cm³/mol. The molecule has 0 unspecified atom stereocenters. The van der Waals surface area contributed by atoms with Gasteiger partial charge in [-0.3, -0.25) is 4.98 Å². The zero-order valence-corrected chi connectivity index (χ0v) is 8.31. The Kier molecular flexibility index (Phi) is 2.26. The fraction of sp³-hybridized carbons (Fsp3) is 0.300. The fourth-order valence-electron chi connectivity index (χ4n) is 1.35. The largest absolute Gasteiger partial charge is 0.317 e. The fourth-order valence-corrected chi connectivity index (χ4v) is 1.35. The third kappa shape index (κ3) is 1.51. The Morgan fingerprint density at radius 1 is 1.36 bits per heavy atom. The van der Waals surface area contributed by atoms with Crippen molar-refractivity contribution in [2.45, 2.75) is 13.3 Å². The number of hydrogen-bond acceptors (Lipinski definition) is 3. The summed E-state index contributed by atoms with van der Waals surface area (Å²) in [6, 6.07) is 2.09. The van der Waals surface area contributed by atoms with E-state index in [0.29, 0.717) is 0 Å². The van der Waals surface area contributed by atoms with Crippen LogP contribution in [0.4, 0.5) is 0 Å². The summed E-state index contributed by atoms with van der Waals surface area (Å²) in [5.74, 6) is 0.854. The lowest BCUT2D eigenvalue weighted by Crippen LogP contribution is -1.93. The molecule has 0 aromatic carbocycles. The lowest BCUT2D eigenvalue weighted by molar-refractivity contribution is 0.917. The van der Waals surface area contributed by atoms with Gasteiger partial charge in [0.15, 0.2) is 5.82 Å². The molecular weight excluding hydrogens is 176 g/mol. The van der Waals surface area contributed by atoms with Crippen LogP contribution in [-0.2, 0) is 13.5 Å². The Balaban J connectivity index is 2.47. The number of aromatic nitrogens is 4. The molecule has 2 heterocycles. The van der Waals surface area contributed by atoms with Crippen LogP contribution >= 0.6 is 0 Å². The normalized spacial score (nSPS) is 10.4. The van der Waals surface area contributed by atoms with Crippen LogP contribution in [0.5, 0.6) is 0 Å². The summed E-state index contributed by atoms with van der Waals surface area (Å²) in [6.45, 7) is 2.11. The standard InChI is InChI=1S/C10H12N4/c1-3-8-4-9(6-11-5-8)10-13-12-7-14(10)2/h4-7H,3H2,1-2H3. The summed E-state index contributed by atoms with van der Waals surface area (Å²) in [7, 11) is 1.92. The summed E-state index contributed by atoms with van der Waals surface area (Å²) in [4.78, 5) is 4.17. The van der Waals surface area contributed by atoms with Crippen LogP contribution in [-0.4, -0.2) is 19.7 Å². The molecule has 0 saturated heterocycles. The lowest BCUT2D eigenvalue weighted by Gasteiger charge is -2.01. The zero-order chi connectivity index (χ0) is 9.97. The molecule has 0 atom stereocenters. The van der Waals surface area contributed by atoms with Crippen molar-refractivity contribution in [1.82, 2.24) is 19.7 Å². The van der Waals surface area contributed by atoms with E-state index in [1.54, 1.807) is 6.33 Å². The Morgan fingerprint density at radius 2 is 2.21 bits per heavy atom. The second-order valence-electron chi connectivity index (χ2n) is 3.20. The van der Waals surface area contributed by atoms with Crippen molar-refractivity contribution < 1.29 is 0 Å². The minimum Gasteiger partial charge on any atom is -0.317 e. The van der Waals surface area contributed by atoms with Crippen molar-refractivity contribution in [3.63, 3.8) is 0 Å². The highest BCUT2D eigenvalue weighted by Crippen LogP contribution is 2.15. The number of rotatable bonds is 2. The second-order valence-corrected chi connectivity index (χ2v) is 3.20. The second kappa shape index (κ2) is 3.57. The van der Waals surface area contributed by atoms with E-state index in [2.05, 4.69) is 28.2 Å². The summed E-state index contributed by atoms with van der Waals surface area (Å²) in [6.07, 6.45) is 6.36. The van der Waals surface area contributed by atoms with Gasteiger partial charge in [-0.1, -0.05) is 6.92 Å². The number of nitrogens with zero attached hydrogens (tertiary/aromatic N) is 4. The maximum absolute atomic E-state index is 4.17. The van der Waals surface area contributed by atoms with Crippen molar-refractivity contribution in [1.29, 1.82) is 0 Å². The first-order valence-electron chi connectivity index (χ1n) is 4.59. The van der Waals surface area contributed by atoms with Gasteiger partial charge in [0.25, 0.3) is 0 Å². The van der Waals surface area contributed by atoms with Gasteiger partial charge in [-0.2, -0.15) is 0 Å². The Bertz CT molecular complexity index is 433. The van der Waals surface area contributed by atoms with Crippen molar-refractivity contribution in [3.8, 4) is 11.4 Å². The first-order chi connectivity index (χ1) is 6.81. The van der Waals surface area contributed by atoms with Crippen LogP contribution in [0, 0.1) is 0 Å². The first kappa shape index (κ1) is 8.87. The van der Waals surface area contributed by atoms with Crippen LogP contribution in [0.25, 0.3) is 11.4 Å². The quantitative estimate of drug-likeness (QED) is 0.716. The molecule has 72 valence electrons. The predicted octanol–water partition coefficient (Wildman–Crippen LogP) is 1.44. The smallest absolute Gasteiger partial charge is 0.165 e. The number of hydrogen-bond donors (Lipinski definition) is 0. The van der Waals surface area contributed by atoms with Crippen LogP contribution < -0.4 is 0 Å². The summed E-state index contributed by atoms with van der Waals surface area (Å²) >= 11 is 0. The average Bonchev–Trinajstić information content (AvgIpc) is 2.65. The van der Waals surface area contributed by atoms with Crippen LogP contribution in [0.2, 0.25) is 0 Å². The molecule has 2 rings (SSSR count). The minimum atomic E-state index is 0.854. The van der Waals surface area contributed by atoms with Gasteiger partial charge in [0.2, 0.25) is 0 Å². The monoisotopic (exact) mass is 188 g/mol. The van der Waals surface area contributed by atoms with Gasteiger partial charge in [-0.05, 0) is 18.1 Å². The molecule has 0 radical (unpaired) electrons. The highest BCUT2D eigenvalue weighted by Gasteiger charge is 2.04. The molecule has 0 amide bonds. The molecule has 0 fully saturated rings. The number of aryl methyl sites for hydroxylation is 2. The maximum Gasteiger partial charge on any atom is 0.165 e. The summed E-state index contributed by atoms with van der Waals surface area (Å²) in [5.41, 5.74) is 2.23. The topological polar surface area (TPSA) is 43.6 Å². The molecule has 0 aliphatic carbocycles.